The van der Waals surface area contributed by atoms with Crippen molar-refractivity contribution in [3.63, 3.8) is 0 Å². The van der Waals surface area contributed by atoms with E-state index >= 15 is 0 Å². The Hall–Kier alpha value is -0.170. The van der Waals surface area contributed by atoms with E-state index in [0.717, 1.165) is 45.2 Å². The maximum Gasteiger partial charge on any atom is 0.279 e. The third-order valence-corrected chi connectivity index (χ3v) is 6.10. The molecular formula is C13H27N3O2S. The van der Waals surface area contributed by atoms with Crippen molar-refractivity contribution >= 4 is 10.2 Å². The van der Waals surface area contributed by atoms with Gasteiger partial charge in [0.25, 0.3) is 10.2 Å². The molecule has 1 saturated heterocycles. The second-order valence-electron chi connectivity index (χ2n) is 6.20. The van der Waals surface area contributed by atoms with Gasteiger partial charge in [-0.25, -0.2) is 0 Å². The van der Waals surface area contributed by atoms with E-state index < -0.39 is 10.2 Å². The van der Waals surface area contributed by atoms with Crippen molar-refractivity contribution in [2.24, 2.45) is 5.92 Å². The van der Waals surface area contributed by atoms with Gasteiger partial charge in [-0.1, -0.05) is 6.92 Å². The van der Waals surface area contributed by atoms with Crippen LogP contribution in [0.15, 0.2) is 0 Å². The molecule has 6 heteroatoms. The largest absolute Gasteiger partial charge is 0.317 e. The molecule has 2 rings (SSSR count). The summed E-state index contributed by atoms with van der Waals surface area (Å²) < 4.78 is 29.3. The van der Waals surface area contributed by atoms with Crippen LogP contribution < -0.4 is 10.0 Å². The zero-order chi connectivity index (χ0) is 13.9. The van der Waals surface area contributed by atoms with Gasteiger partial charge in [-0.05, 0) is 58.0 Å². The first-order chi connectivity index (χ1) is 8.95. The molecule has 0 aromatic carbocycles. The van der Waals surface area contributed by atoms with E-state index in [1.807, 2.05) is 6.92 Å². The molecule has 0 aromatic rings. The van der Waals surface area contributed by atoms with E-state index in [1.165, 1.54) is 0 Å². The lowest BCUT2D eigenvalue weighted by Gasteiger charge is -2.41. The molecule has 2 fully saturated rings. The fraction of sp³-hybridized carbons (Fsp3) is 1.00. The van der Waals surface area contributed by atoms with Crippen molar-refractivity contribution in [2.75, 3.05) is 26.2 Å². The van der Waals surface area contributed by atoms with Gasteiger partial charge >= 0.3 is 0 Å². The molecule has 5 nitrogen and oxygen atoms in total. The van der Waals surface area contributed by atoms with E-state index in [4.69, 9.17) is 0 Å². The van der Waals surface area contributed by atoms with Crippen LogP contribution in [0.3, 0.4) is 0 Å². The minimum atomic E-state index is -3.30. The SMILES string of the molecule is CCNCC1CCCN(S(=O)(=O)NC2(C)CCC2)C1. The lowest BCUT2D eigenvalue weighted by molar-refractivity contribution is 0.223. The highest BCUT2D eigenvalue weighted by Gasteiger charge is 2.38. The topological polar surface area (TPSA) is 61.4 Å². The summed E-state index contributed by atoms with van der Waals surface area (Å²) in [5.41, 5.74) is -0.201. The van der Waals surface area contributed by atoms with Gasteiger partial charge in [0.15, 0.2) is 0 Å². The van der Waals surface area contributed by atoms with Gasteiger partial charge in [0, 0.05) is 18.6 Å². The minimum Gasteiger partial charge on any atom is -0.317 e. The highest BCUT2D eigenvalue weighted by atomic mass is 32.2. The van der Waals surface area contributed by atoms with E-state index in [0.29, 0.717) is 19.0 Å². The molecule has 112 valence electrons. The third-order valence-electron chi connectivity index (χ3n) is 4.34. The zero-order valence-electron chi connectivity index (χ0n) is 12.1. The molecule has 1 aliphatic carbocycles. The first-order valence-corrected chi connectivity index (χ1v) is 8.89. The molecule has 1 saturated carbocycles. The van der Waals surface area contributed by atoms with E-state index in [-0.39, 0.29) is 5.54 Å². The minimum absolute atomic E-state index is 0.201. The summed E-state index contributed by atoms with van der Waals surface area (Å²) >= 11 is 0. The number of rotatable bonds is 6. The Labute approximate surface area is 117 Å². The van der Waals surface area contributed by atoms with Crippen LogP contribution in [0.25, 0.3) is 0 Å². The van der Waals surface area contributed by atoms with Crippen LogP contribution in [-0.4, -0.2) is 44.4 Å². The van der Waals surface area contributed by atoms with Gasteiger partial charge in [-0.15, -0.1) is 0 Å². The average molecular weight is 289 g/mol. The highest BCUT2D eigenvalue weighted by molar-refractivity contribution is 7.87. The standard InChI is InChI=1S/C13H27N3O2S/c1-3-14-10-12-6-4-9-16(11-12)19(17,18)15-13(2)7-5-8-13/h12,14-15H,3-11H2,1-2H3. The van der Waals surface area contributed by atoms with Crippen LogP contribution in [0.2, 0.25) is 0 Å². The summed E-state index contributed by atoms with van der Waals surface area (Å²) in [5, 5.41) is 3.32. The molecule has 0 aromatic heterocycles. The molecule has 1 atom stereocenters. The van der Waals surface area contributed by atoms with Crippen molar-refractivity contribution in [3.8, 4) is 0 Å². The molecule has 1 unspecified atom stereocenters. The first kappa shape index (κ1) is 15.2. The summed E-state index contributed by atoms with van der Waals surface area (Å²) in [4.78, 5) is 0. The van der Waals surface area contributed by atoms with Crippen molar-refractivity contribution in [2.45, 2.75) is 51.5 Å². The molecule has 1 heterocycles. The second-order valence-corrected chi connectivity index (χ2v) is 7.87. The van der Waals surface area contributed by atoms with Gasteiger partial charge in [0.2, 0.25) is 0 Å². The Morgan fingerprint density at radius 3 is 2.63 bits per heavy atom. The Bertz CT molecular complexity index is 393. The molecular weight excluding hydrogens is 262 g/mol. The normalized spacial score (nSPS) is 28.0. The van der Waals surface area contributed by atoms with Crippen molar-refractivity contribution < 1.29 is 8.42 Å². The molecule has 1 aliphatic heterocycles. The van der Waals surface area contributed by atoms with Crippen LogP contribution in [0.5, 0.6) is 0 Å². The van der Waals surface area contributed by atoms with Crippen molar-refractivity contribution in [1.82, 2.24) is 14.3 Å². The molecule has 19 heavy (non-hydrogen) atoms. The molecule has 2 aliphatic rings. The molecule has 2 N–H and O–H groups in total. The third kappa shape index (κ3) is 3.90. The second kappa shape index (κ2) is 6.08. The van der Waals surface area contributed by atoms with Crippen molar-refractivity contribution in [1.29, 1.82) is 0 Å². The van der Waals surface area contributed by atoms with Gasteiger partial charge in [-0.3, -0.25) is 0 Å². The predicted octanol–water partition coefficient (Wildman–Crippen LogP) is 1.08. The smallest absolute Gasteiger partial charge is 0.279 e. The van der Waals surface area contributed by atoms with Crippen LogP contribution >= 0.6 is 0 Å². The summed E-state index contributed by atoms with van der Waals surface area (Å²) in [6, 6.07) is 0. The Morgan fingerprint density at radius 1 is 1.32 bits per heavy atom. The van der Waals surface area contributed by atoms with Crippen LogP contribution in [0.1, 0.15) is 46.0 Å². The van der Waals surface area contributed by atoms with E-state index in [2.05, 4.69) is 17.0 Å². The van der Waals surface area contributed by atoms with E-state index in [9.17, 15) is 8.42 Å². The Balaban J connectivity index is 1.91. The maximum absolute atomic E-state index is 12.4. The van der Waals surface area contributed by atoms with Gasteiger partial charge < -0.3 is 5.32 Å². The fourth-order valence-corrected chi connectivity index (χ4v) is 4.68. The summed E-state index contributed by atoms with van der Waals surface area (Å²) in [6.07, 6.45) is 5.13. The van der Waals surface area contributed by atoms with Gasteiger partial charge in [0.1, 0.15) is 0 Å². The number of hydrogen-bond donors (Lipinski definition) is 2. The van der Waals surface area contributed by atoms with Crippen molar-refractivity contribution in [3.05, 3.63) is 0 Å². The lowest BCUT2D eigenvalue weighted by Crippen LogP contribution is -2.57. The van der Waals surface area contributed by atoms with E-state index in [1.54, 1.807) is 4.31 Å². The number of nitrogens with one attached hydrogen (secondary N) is 2. The van der Waals surface area contributed by atoms with Gasteiger partial charge in [0.05, 0.1) is 0 Å². The summed E-state index contributed by atoms with van der Waals surface area (Å²) in [7, 11) is -3.30. The predicted molar refractivity (Wildman–Crippen MR) is 77.2 cm³/mol. The number of piperidine rings is 1. The Kier molecular flexibility index (Phi) is 4.87. The molecule has 0 spiro atoms. The van der Waals surface area contributed by atoms with Crippen LogP contribution in [0, 0.1) is 5.92 Å². The molecule has 0 bridgehead atoms. The number of nitrogens with zero attached hydrogens (tertiary/aromatic N) is 1. The molecule has 0 amide bonds. The lowest BCUT2D eigenvalue weighted by atomic mass is 9.80. The molecule has 0 radical (unpaired) electrons. The quantitative estimate of drug-likeness (QED) is 0.769. The summed E-state index contributed by atoms with van der Waals surface area (Å²) in [6.45, 7) is 7.26. The van der Waals surface area contributed by atoms with Gasteiger partial charge in [-0.2, -0.15) is 17.4 Å². The van der Waals surface area contributed by atoms with Crippen LogP contribution in [-0.2, 0) is 10.2 Å². The number of hydrogen-bond acceptors (Lipinski definition) is 3. The monoisotopic (exact) mass is 289 g/mol. The van der Waals surface area contributed by atoms with Crippen LogP contribution in [0.4, 0.5) is 0 Å². The summed E-state index contributed by atoms with van der Waals surface area (Å²) in [5.74, 6) is 0.444. The Morgan fingerprint density at radius 2 is 2.05 bits per heavy atom. The first-order valence-electron chi connectivity index (χ1n) is 7.45. The maximum atomic E-state index is 12.4. The highest BCUT2D eigenvalue weighted by Crippen LogP contribution is 2.32. The zero-order valence-corrected chi connectivity index (χ0v) is 12.9. The fourth-order valence-electron chi connectivity index (χ4n) is 2.95. The average Bonchev–Trinajstić information content (AvgIpc) is 2.34.